The molecule has 2 aromatic heterocycles. The Balaban J connectivity index is 1.48. The zero-order valence-electron chi connectivity index (χ0n) is 17.5. The number of rotatable bonds is 8. The second-order valence-corrected chi connectivity index (χ2v) is 7.38. The number of pyridine rings is 2. The summed E-state index contributed by atoms with van der Waals surface area (Å²) in [6.45, 7) is 5.38. The van der Waals surface area contributed by atoms with Crippen LogP contribution in [0.15, 0.2) is 67.0 Å². The Morgan fingerprint density at radius 3 is 2.65 bits per heavy atom. The van der Waals surface area contributed by atoms with E-state index in [4.69, 9.17) is 9.72 Å². The Kier molecular flexibility index (Phi) is 7.20. The monoisotopic (exact) mass is 417 g/mol. The highest BCUT2D eigenvalue weighted by Crippen LogP contribution is 2.22. The molecule has 0 unspecified atom stereocenters. The van der Waals surface area contributed by atoms with Crippen LogP contribution in [0.2, 0.25) is 0 Å². The van der Waals surface area contributed by atoms with Gasteiger partial charge in [0.1, 0.15) is 5.82 Å². The minimum absolute atomic E-state index is 0.162. The van der Waals surface area contributed by atoms with Crippen LogP contribution in [0.5, 0.6) is 0 Å². The van der Waals surface area contributed by atoms with Gasteiger partial charge in [0.15, 0.2) is 0 Å². The van der Waals surface area contributed by atoms with Crippen molar-refractivity contribution in [2.75, 3.05) is 44.7 Å². The lowest BCUT2D eigenvalue weighted by atomic mass is 10.1. The topological polar surface area (TPSA) is 79.4 Å². The van der Waals surface area contributed by atoms with Crippen molar-refractivity contribution in [2.24, 2.45) is 0 Å². The molecule has 0 spiro atoms. The van der Waals surface area contributed by atoms with E-state index < -0.39 is 0 Å². The molecule has 4 rings (SSSR count). The second kappa shape index (κ2) is 10.7. The van der Waals surface area contributed by atoms with Crippen molar-refractivity contribution >= 4 is 11.7 Å². The van der Waals surface area contributed by atoms with Crippen molar-refractivity contribution < 1.29 is 9.53 Å². The smallest absolute Gasteiger partial charge is 0.255 e. The van der Waals surface area contributed by atoms with Crippen molar-refractivity contribution in [1.82, 2.24) is 20.2 Å². The molecule has 0 aliphatic carbocycles. The van der Waals surface area contributed by atoms with Gasteiger partial charge in [-0.3, -0.25) is 14.7 Å². The van der Waals surface area contributed by atoms with Crippen LogP contribution in [-0.4, -0.2) is 60.2 Å². The number of hydrogen-bond donors (Lipinski definition) is 2. The van der Waals surface area contributed by atoms with E-state index in [2.05, 4.69) is 20.5 Å². The molecule has 0 atom stereocenters. The summed E-state index contributed by atoms with van der Waals surface area (Å²) in [6, 6.07) is 17.5. The third-order valence-corrected chi connectivity index (χ3v) is 5.21. The van der Waals surface area contributed by atoms with Crippen LogP contribution >= 0.6 is 0 Å². The van der Waals surface area contributed by atoms with E-state index in [-0.39, 0.29) is 5.91 Å². The Bertz CT molecular complexity index is 976. The maximum atomic E-state index is 12.9. The molecule has 1 fully saturated rings. The maximum absolute atomic E-state index is 12.9. The molecule has 1 amide bonds. The van der Waals surface area contributed by atoms with Gasteiger partial charge in [-0.1, -0.05) is 36.4 Å². The summed E-state index contributed by atoms with van der Waals surface area (Å²) in [5, 5.41) is 6.35. The van der Waals surface area contributed by atoms with Crippen LogP contribution in [0.3, 0.4) is 0 Å². The fourth-order valence-corrected chi connectivity index (χ4v) is 3.48. The summed E-state index contributed by atoms with van der Waals surface area (Å²) in [7, 11) is 0. The van der Waals surface area contributed by atoms with Crippen LogP contribution in [0, 0.1) is 0 Å². The second-order valence-electron chi connectivity index (χ2n) is 7.38. The maximum Gasteiger partial charge on any atom is 0.255 e. The van der Waals surface area contributed by atoms with Gasteiger partial charge in [-0.2, -0.15) is 0 Å². The highest BCUT2D eigenvalue weighted by Gasteiger charge is 2.15. The zero-order valence-corrected chi connectivity index (χ0v) is 17.5. The first-order chi connectivity index (χ1) is 15.3. The van der Waals surface area contributed by atoms with Crippen molar-refractivity contribution in [1.29, 1.82) is 0 Å². The van der Waals surface area contributed by atoms with Gasteiger partial charge < -0.3 is 15.4 Å². The van der Waals surface area contributed by atoms with E-state index in [1.807, 2.05) is 54.6 Å². The van der Waals surface area contributed by atoms with E-state index >= 15 is 0 Å². The van der Waals surface area contributed by atoms with E-state index in [1.165, 1.54) is 0 Å². The van der Waals surface area contributed by atoms with E-state index in [0.29, 0.717) is 24.5 Å². The average Bonchev–Trinajstić information content (AvgIpc) is 2.84. The number of carbonyl (C=O) groups is 1. The molecule has 7 heteroatoms. The molecule has 0 bridgehead atoms. The Hall–Kier alpha value is -3.29. The fourth-order valence-electron chi connectivity index (χ4n) is 3.48. The first-order valence-corrected chi connectivity index (χ1v) is 10.6. The lowest BCUT2D eigenvalue weighted by Crippen LogP contribution is -2.39. The largest absolute Gasteiger partial charge is 0.379 e. The molecule has 1 aliphatic heterocycles. The van der Waals surface area contributed by atoms with Crippen molar-refractivity contribution in [3.63, 3.8) is 0 Å². The molecule has 1 aromatic carbocycles. The molecule has 2 N–H and O–H groups in total. The summed E-state index contributed by atoms with van der Waals surface area (Å²) in [4.78, 5) is 24.1. The van der Waals surface area contributed by atoms with Crippen LogP contribution < -0.4 is 10.6 Å². The minimum atomic E-state index is -0.162. The molecule has 1 saturated heterocycles. The third-order valence-electron chi connectivity index (χ3n) is 5.21. The number of ether oxygens (including phenoxy) is 1. The summed E-state index contributed by atoms with van der Waals surface area (Å²) in [6.07, 6.45) is 3.46. The number of amides is 1. The van der Waals surface area contributed by atoms with Crippen LogP contribution in [-0.2, 0) is 11.3 Å². The van der Waals surface area contributed by atoms with Gasteiger partial charge in [0.2, 0.25) is 0 Å². The number of carbonyl (C=O) groups excluding carboxylic acids is 1. The van der Waals surface area contributed by atoms with Crippen LogP contribution in [0.25, 0.3) is 11.3 Å². The average molecular weight is 418 g/mol. The van der Waals surface area contributed by atoms with Gasteiger partial charge >= 0.3 is 0 Å². The molecule has 31 heavy (non-hydrogen) atoms. The number of aromatic nitrogens is 2. The van der Waals surface area contributed by atoms with E-state index in [0.717, 1.165) is 49.7 Å². The first-order valence-electron chi connectivity index (χ1n) is 10.6. The normalized spacial score (nSPS) is 14.2. The Morgan fingerprint density at radius 2 is 1.87 bits per heavy atom. The van der Waals surface area contributed by atoms with Crippen molar-refractivity contribution in [3.05, 3.63) is 78.1 Å². The lowest BCUT2D eigenvalue weighted by molar-refractivity contribution is 0.0398. The van der Waals surface area contributed by atoms with Gasteiger partial charge in [-0.05, 0) is 23.8 Å². The molecule has 0 radical (unpaired) electrons. The predicted octanol–water partition coefficient (Wildman–Crippen LogP) is 2.82. The van der Waals surface area contributed by atoms with Gasteiger partial charge in [-0.15, -0.1) is 0 Å². The summed E-state index contributed by atoms with van der Waals surface area (Å²) < 4.78 is 5.41. The molecule has 3 aromatic rings. The Labute approximate surface area is 182 Å². The number of nitrogens with zero attached hydrogens (tertiary/aromatic N) is 3. The number of anilines is 1. The molecule has 0 saturated carbocycles. The number of hydrogen-bond acceptors (Lipinski definition) is 6. The summed E-state index contributed by atoms with van der Waals surface area (Å²) >= 11 is 0. The van der Waals surface area contributed by atoms with Gasteiger partial charge in [0.25, 0.3) is 5.91 Å². The first kappa shape index (κ1) is 21.0. The number of morpholine rings is 1. The van der Waals surface area contributed by atoms with Crippen LogP contribution in [0.4, 0.5) is 5.82 Å². The lowest BCUT2D eigenvalue weighted by Gasteiger charge is -2.26. The van der Waals surface area contributed by atoms with Crippen molar-refractivity contribution in [2.45, 2.75) is 6.54 Å². The fraction of sp³-hybridized carbons (Fsp3) is 0.292. The highest BCUT2D eigenvalue weighted by atomic mass is 16.5. The Morgan fingerprint density at radius 1 is 1.03 bits per heavy atom. The molecule has 1 aliphatic rings. The quantitative estimate of drug-likeness (QED) is 0.587. The zero-order chi connectivity index (χ0) is 21.3. The molecule has 160 valence electrons. The summed E-state index contributed by atoms with van der Waals surface area (Å²) in [5.74, 6) is 0.433. The van der Waals surface area contributed by atoms with Crippen molar-refractivity contribution in [3.8, 4) is 11.3 Å². The number of nitrogens with one attached hydrogen (secondary N) is 2. The van der Waals surface area contributed by atoms with Gasteiger partial charge in [0.05, 0.1) is 24.5 Å². The minimum Gasteiger partial charge on any atom is -0.379 e. The third kappa shape index (κ3) is 5.87. The van der Waals surface area contributed by atoms with Gasteiger partial charge in [-0.25, -0.2) is 4.98 Å². The van der Waals surface area contributed by atoms with E-state index in [9.17, 15) is 4.79 Å². The standard InChI is InChI=1S/C24H27N5O2/c30-24(27-18-19-5-4-10-25-17-19)21-8-9-22(20-6-2-1-3-7-20)28-23(21)26-11-12-29-13-15-31-16-14-29/h1-10,17H,11-16,18H2,(H,26,28)(H,27,30). The predicted molar refractivity (Wildman–Crippen MR) is 121 cm³/mol. The number of benzene rings is 1. The van der Waals surface area contributed by atoms with E-state index in [1.54, 1.807) is 12.4 Å². The van der Waals surface area contributed by atoms with Gasteiger partial charge in [0, 0.05) is 50.7 Å². The molecular formula is C24H27N5O2. The molecule has 3 heterocycles. The van der Waals surface area contributed by atoms with Crippen LogP contribution in [0.1, 0.15) is 15.9 Å². The molecular weight excluding hydrogens is 390 g/mol. The summed E-state index contributed by atoms with van der Waals surface area (Å²) in [5.41, 5.74) is 3.33. The highest BCUT2D eigenvalue weighted by molar-refractivity contribution is 5.99. The molecule has 7 nitrogen and oxygen atoms in total. The SMILES string of the molecule is O=C(NCc1cccnc1)c1ccc(-c2ccccc2)nc1NCCN1CCOCC1.